The maximum Gasteiger partial charge on any atom is 0.150 e. The number of fused-ring (bicyclic) bond motifs is 1. The summed E-state index contributed by atoms with van der Waals surface area (Å²) in [6.45, 7) is 3.25. The molecule has 3 heterocycles. The standard InChI is InChI=1S/C19H26N4O/c24-14-16-9-7-15(8-10-16)13-22-11-3-1-5-17(22)19-21-20-18-6-2-4-12-23(18)19/h7-10,17,24H,1-6,11-14H2. The third kappa shape index (κ3) is 3.10. The molecule has 5 heteroatoms. The van der Waals surface area contributed by atoms with Crippen LogP contribution in [0.5, 0.6) is 0 Å². The van der Waals surface area contributed by atoms with Crippen molar-refractivity contribution >= 4 is 0 Å². The molecule has 1 atom stereocenters. The van der Waals surface area contributed by atoms with Crippen LogP contribution >= 0.6 is 0 Å². The van der Waals surface area contributed by atoms with Crippen molar-refractivity contribution in [1.29, 1.82) is 0 Å². The van der Waals surface area contributed by atoms with Gasteiger partial charge in [-0.25, -0.2) is 0 Å². The van der Waals surface area contributed by atoms with Crippen LogP contribution in [0.15, 0.2) is 24.3 Å². The van der Waals surface area contributed by atoms with Crippen LogP contribution in [0.3, 0.4) is 0 Å². The van der Waals surface area contributed by atoms with Gasteiger partial charge in [0, 0.05) is 19.5 Å². The summed E-state index contributed by atoms with van der Waals surface area (Å²) in [5.41, 5.74) is 2.28. The van der Waals surface area contributed by atoms with E-state index in [1.54, 1.807) is 0 Å². The molecule has 0 bridgehead atoms. The van der Waals surface area contributed by atoms with E-state index < -0.39 is 0 Å². The summed E-state index contributed by atoms with van der Waals surface area (Å²) in [6.07, 6.45) is 7.26. The van der Waals surface area contributed by atoms with Gasteiger partial charge in [0.05, 0.1) is 12.6 Å². The number of aromatic nitrogens is 3. The van der Waals surface area contributed by atoms with Crippen molar-refractivity contribution < 1.29 is 5.11 Å². The molecule has 2 aromatic rings. The monoisotopic (exact) mass is 326 g/mol. The summed E-state index contributed by atoms with van der Waals surface area (Å²) in [5.74, 6) is 2.35. The molecular formula is C19H26N4O. The SMILES string of the molecule is OCc1ccc(CN2CCCCC2c2nnc3n2CCCC3)cc1. The number of likely N-dealkylation sites (tertiary alicyclic amines) is 1. The van der Waals surface area contributed by atoms with Gasteiger partial charge >= 0.3 is 0 Å². The van der Waals surface area contributed by atoms with Gasteiger partial charge in [-0.05, 0) is 43.4 Å². The summed E-state index contributed by atoms with van der Waals surface area (Å²) < 4.78 is 2.38. The average Bonchev–Trinajstić information content (AvgIpc) is 3.07. The van der Waals surface area contributed by atoms with E-state index in [2.05, 4.69) is 31.8 Å². The molecule has 0 radical (unpaired) electrons. The number of benzene rings is 1. The second-order valence-corrected chi connectivity index (χ2v) is 7.04. The highest BCUT2D eigenvalue weighted by atomic mass is 16.3. The zero-order valence-electron chi connectivity index (χ0n) is 14.2. The van der Waals surface area contributed by atoms with Crippen molar-refractivity contribution in [3.05, 3.63) is 47.0 Å². The van der Waals surface area contributed by atoms with Crippen LogP contribution in [-0.4, -0.2) is 31.3 Å². The van der Waals surface area contributed by atoms with E-state index in [-0.39, 0.29) is 6.61 Å². The first-order valence-corrected chi connectivity index (χ1v) is 9.20. The normalized spacial score (nSPS) is 21.6. The number of nitrogens with zero attached hydrogens (tertiary/aromatic N) is 4. The molecule has 1 saturated heterocycles. The van der Waals surface area contributed by atoms with Gasteiger partial charge in [-0.15, -0.1) is 10.2 Å². The molecule has 4 rings (SSSR count). The Hall–Kier alpha value is -1.72. The molecule has 1 unspecified atom stereocenters. The topological polar surface area (TPSA) is 54.2 Å². The fraction of sp³-hybridized carbons (Fsp3) is 0.579. The van der Waals surface area contributed by atoms with Crippen LogP contribution in [0.1, 0.15) is 60.9 Å². The number of aryl methyl sites for hydroxylation is 1. The van der Waals surface area contributed by atoms with Crippen LogP contribution in [0.2, 0.25) is 0 Å². The largest absolute Gasteiger partial charge is 0.392 e. The minimum absolute atomic E-state index is 0.110. The molecule has 1 aromatic carbocycles. The predicted octanol–water partition coefficient (Wildman–Crippen LogP) is 2.83. The van der Waals surface area contributed by atoms with Crippen molar-refractivity contribution in [2.45, 2.75) is 64.3 Å². The zero-order valence-corrected chi connectivity index (χ0v) is 14.2. The summed E-state index contributed by atoms with van der Waals surface area (Å²) in [7, 11) is 0. The van der Waals surface area contributed by atoms with Crippen LogP contribution in [0, 0.1) is 0 Å². The molecule has 5 nitrogen and oxygen atoms in total. The molecule has 128 valence electrons. The van der Waals surface area contributed by atoms with Gasteiger partial charge < -0.3 is 9.67 Å². The molecule has 1 fully saturated rings. The Kier molecular flexibility index (Phi) is 4.63. The Morgan fingerprint density at radius 1 is 0.958 bits per heavy atom. The predicted molar refractivity (Wildman–Crippen MR) is 92.3 cm³/mol. The Morgan fingerprint density at radius 3 is 2.58 bits per heavy atom. The Balaban J connectivity index is 1.55. The van der Waals surface area contributed by atoms with Crippen molar-refractivity contribution in [3.63, 3.8) is 0 Å². The van der Waals surface area contributed by atoms with Crippen molar-refractivity contribution in [2.24, 2.45) is 0 Å². The minimum atomic E-state index is 0.110. The van der Waals surface area contributed by atoms with Gasteiger partial charge in [0.25, 0.3) is 0 Å². The number of rotatable bonds is 4. The maximum absolute atomic E-state index is 9.20. The lowest BCUT2D eigenvalue weighted by atomic mass is 9.99. The van der Waals surface area contributed by atoms with Crippen LogP contribution in [-0.2, 0) is 26.1 Å². The highest BCUT2D eigenvalue weighted by Crippen LogP contribution is 2.32. The number of hydrogen-bond acceptors (Lipinski definition) is 4. The highest BCUT2D eigenvalue weighted by Gasteiger charge is 2.30. The van der Waals surface area contributed by atoms with E-state index in [4.69, 9.17) is 0 Å². The van der Waals surface area contributed by atoms with Crippen LogP contribution in [0.4, 0.5) is 0 Å². The van der Waals surface area contributed by atoms with Crippen molar-refractivity contribution in [3.8, 4) is 0 Å². The lowest BCUT2D eigenvalue weighted by molar-refractivity contribution is 0.129. The molecule has 0 aliphatic carbocycles. The second kappa shape index (κ2) is 7.03. The third-order valence-corrected chi connectivity index (χ3v) is 5.39. The first kappa shape index (κ1) is 15.8. The molecule has 0 saturated carbocycles. The van der Waals surface area contributed by atoms with E-state index >= 15 is 0 Å². The first-order chi connectivity index (χ1) is 11.8. The molecule has 1 N–H and O–H groups in total. The third-order valence-electron chi connectivity index (χ3n) is 5.39. The molecule has 0 amide bonds. The summed E-state index contributed by atoms with van der Waals surface area (Å²) in [4.78, 5) is 2.56. The molecular weight excluding hydrogens is 300 g/mol. The minimum Gasteiger partial charge on any atom is -0.392 e. The molecule has 2 aliphatic heterocycles. The second-order valence-electron chi connectivity index (χ2n) is 7.04. The number of hydrogen-bond donors (Lipinski definition) is 1. The van der Waals surface area contributed by atoms with E-state index in [1.807, 2.05) is 12.1 Å². The summed E-state index contributed by atoms with van der Waals surface area (Å²) in [5, 5.41) is 18.2. The van der Waals surface area contributed by atoms with Crippen molar-refractivity contribution in [1.82, 2.24) is 19.7 Å². The van der Waals surface area contributed by atoms with E-state index in [9.17, 15) is 5.11 Å². The Labute approximate surface area is 143 Å². The van der Waals surface area contributed by atoms with Gasteiger partial charge in [-0.1, -0.05) is 30.7 Å². The fourth-order valence-corrected chi connectivity index (χ4v) is 4.03. The molecule has 0 spiro atoms. The lowest BCUT2D eigenvalue weighted by Crippen LogP contribution is -2.35. The highest BCUT2D eigenvalue weighted by molar-refractivity contribution is 5.22. The van der Waals surface area contributed by atoms with Gasteiger partial charge in [0.15, 0.2) is 0 Å². The molecule has 2 aliphatic rings. The molecule has 1 aromatic heterocycles. The van der Waals surface area contributed by atoms with Gasteiger partial charge in [0.2, 0.25) is 0 Å². The summed E-state index contributed by atoms with van der Waals surface area (Å²) >= 11 is 0. The average molecular weight is 326 g/mol. The first-order valence-electron chi connectivity index (χ1n) is 9.20. The zero-order chi connectivity index (χ0) is 16.4. The lowest BCUT2D eigenvalue weighted by Gasteiger charge is -2.35. The van der Waals surface area contributed by atoms with Gasteiger partial charge in [0.1, 0.15) is 11.6 Å². The number of piperidine rings is 1. The quantitative estimate of drug-likeness (QED) is 0.939. The Bertz CT molecular complexity index is 679. The number of aliphatic hydroxyl groups excluding tert-OH is 1. The van der Waals surface area contributed by atoms with Crippen LogP contribution < -0.4 is 0 Å². The van der Waals surface area contributed by atoms with E-state index in [0.29, 0.717) is 6.04 Å². The summed E-state index contributed by atoms with van der Waals surface area (Å²) in [6, 6.07) is 8.70. The van der Waals surface area contributed by atoms with E-state index in [1.165, 1.54) is 49.3 Å². The van der Waals surface area contributed by atoms with E-state index in [0.717, 1.165) is 31.6 Å². The maximum atomic E-state index is 9.20. The Morgan fingerprint density at radius 2 is 1.75 bits per heavy atom. The fourth-order valence-electron chi connectivity index (χ4n) is 4.03. The van der Waals surface area contributed by atoms with Gasteiger partial charge in [-0.3, -0.25) is 4.90 Å². The van der Waals surface area contributed by atoms with Crippen molar-refractivity contribution in [2.75, 3.05) is 6.54 Å². The smallest absolute Gasteiger partial charge is 0.150 e. The molecule has 24 heavy (non-hydrogen) atoms. The number of aliphatic hydroxyl groups is 1. The van der Waals surface area contributed by atoms with Crippen LogP contribution in [0.25, 0.3) is 0 Å². The van der Waals surface area contributed by atoms with Gasteiger partial charge in [-0.2, -0.15) is 0 Å².